The number of hydroxylamine groups is 1. The summed E-state index contributed by atoms with van der Waals surface area (Å²) >= 11 is 0. The first-order valence-corrected chi connectivity index (χ1v) is 5.32. The second kappa shape index (κ2) is 4.09. The van der Waals surface area contributed by atoms with E-state index in [-0.39, 0.29) is 17.9 Å². The Labute approximate surface area is 78.8 Å². The lowest BCUT2D eigenvalue weighted by Gasteiger charge is -2.24. The van der Waals surface area contributed by atoms with E-state index in [1.54, 1.807) is 0 Å². The summed E-state index contributed by atoms with van der Waals surface area (Å²) < 4.78 is 0. The fraction of sp³-hybridized carbons (Fsp3) is 0.900. The lowest BCUT2D eigenvalue weighted by molar-refractivity contribution is -0.144. The molecule has 3 nitrogen and oxygen atoms in total. The standard InChI is InChI=1S/C10H17NO2/c12-10(8-4-3-5-8)11-13-9-6-1-2-7-9/h8-9H,1-7H2,(H,11,12). The van der Waals surface area contributed by atoms with Crippen molar-refractivity contribution < 1.29 is 9.63 Å². The molecule has 0 aromatic carbocycles. The second-order valence-electron chi connectivity index (χ2n) is 4.12. The van der Waals surface area contributed by atoms with Crippen molar-refractivity contribution in [1.29, 1.82) is 0 Å². The van der Waals surface area contributed by atoms with Crippen molar-refractivity contribution in [2.45, 2.75) is 51.0 Å². The highest BCUT2D eigenvalue weighted by Gasteiger charge is 2.26. The minimum absolute atomic E-state index is 0.0955. The third kappa shape index (κ3) is 2.21. The predicted molar refractivity (Wildman–Crippen MR) is 48.8 cm³/mol. The number of amides is 1. The fourth-order valence-corrected chi connectivity index (χ4v) is 1.90. The molecule has 0 aliphatic heterocycles. The number of carbonyl (C=O) groups is 1. The van der Waals surface area contributed by atoms with Gasteiger partial charge in [-0.2, -0.15) is 0 Å². The van der Waals surface area contributed by atoms with Gasteiger partial charge in [-0.25, -0.2) is 5.48 Å². The molecule has 0 radical (unpaired) electrons. The number of hydrogen-bond donors (Lipinski definition) is 1. The summed E-state index contributed by atoms with van der Waals surface area (Å²) in [6, 6.07) is 0. The van der Waals surface area contributed by atoms with Crippen LogP contribution in [0.4, 0.5) is 0 Å². The molecule has 2 fully saturated rings. The van der Waals surface area contributed by atoms with Crippen LogP contribution in [0.5, 0.6) is 0 Å². The summed E-state index contributed by atoms with van der Waals surface area (Å²) in [7, 11) is 0. The summed E-state index contributed by atoms with van der Waals surface area (Å²) in [5, 5.41) is 0. The van der Waals surface area contributed by atoms with E-state index in [0.29, 0.717) is 0 Å². The zero-order chi connectivity index (χ0) is 9.10. The maximum absolute atomic E-state index is 11.3. The number of carbonyl (C=O) groups excluding carboxylic acids is 1. The van der Waals surface area contributed by atoms with Gasteiger partial charge in [-0.1, -0.05) is 19.3 Å². The first-order chi connectivity index (χ1) is 6.36. The predicted octanol–water partition coefficient (Wildman–Crippen LogP) is 1.78. The average Bonchev–Trinajstić information content (AvgIpc) is 2.49. The Bertz CT molecular complexity index is 183. The Morgan fingerprint density at radius 2 is 1.77 bits per heavy atom. The average molecular weight is 183 g/mol. The number of nitrogens with one attached hydrogen (secondary N) is 1. The van der Waals surface area contributed by atoms with E-state index in [4.69, 9.17) is 4.84 Å². The van der Waals surface area contributed by atoms with E-state index >= 15 is 0 Å². The molecule has 2 rings (SSSR count). The Morgan fingerprint density at radius 1 is 1.08 bits per heavy atom. The normalized spacial score (nSPS) is 24.3. The van der Waals surface area contributed by atoms with Crippen molar-refractivity contribution in [3.63, 3.8) is 0 Å². The summed E-state index contributed by atoms with van der Waals surface area (Å²) in [5.74, 6) is 0.333. The highest BCUT2D eigenvalue weighted by atomic mass is 16.7. The van der Waals surface area contributed by atoms with Crippen molar-refractivity contribution in [3.05, 3.63) is 0 Å². The molecule has 0 bridgehead atoms. The van der Waals surface area contributed by atoms with Gasteiger partial charge in [0.05, 0.1) is 6.10 Å². The van der Waals surface area contributed by atoms with Gasteiger partial charge in [-0.05, 0) is 25.7 Å². The van der Waals surface area contributed by atoms with Crippen molar-refractivity contribution in [3.8, 4) is 0 Å². The van der Waals surface area contributed by atoms with E-state index in [9.17, 15) is 4.79 Å². The minimum Gasteiger partial charge on any atom is -0.273 e. The molecule has 0 saturated heterocycles. The van der Waals surface area contributed by atoms with Gasteiger partial charge in [-0.3, -0.25) is 9.63 Å². The molecule has 0 aromatic heterocycles. The van der Waals surface area contributed by atoms with Crippen LogP contribution in [0.1, 0.15) is 44.9 Å². The second-order valence-corrected chi connectivity index (χ2v) is 4.12. The largest absolute Gasteiger partial charge is 0.273 e. The molecular formula is C10H17NO2. The summed E-state index contributed by atoms with van der Waals surface area (Å²) in [6.07, 6.45) is 8.24. The Balaban J connectivity index is 1.63. The third-order valence-electron chi connectivity index (χ3n) is 3.10. The molecule has 2 aliphatic rings. The molecule has 0 atom stereocenters. The van der Waals surface area contributed by atoms with Crippen LogP contribution >= 0.6 is 0 Å². The van der Waals surface area contributed by atoms with E-state index < -0.39 is 0 Å². The summed E-state index contributed by atoms with van der Waals surface area (Å²) in [6.45, 7) is 0. The molecule has 0 unspecified atom stereocenters. The van der Waals surface area contributed by atoms with Crippen molar-refractivity contribution in [1.82, 2.24) is 5.48 Å². The van der Waals surface area contributed by atoms with Crippen molar-refractivity contribution in [2.75, 3.05) is 0 Å². The molecule has 2 aliphatic carbocycles. The molecule has 1 N–H and O–H groups in total. The van der Waals surface area contributed by atoms with Gasteiger partial charge in [0.15, 0.2) is 0 Å². The monoisotopic (exact) mass is 183 g/mol. The topological polar surface area (TPSA) is 38.3 Å². The van der Waals surface area contributed by atoms with Gasteiger partial charge in [0, 0.05) is 5.92 Å². The summed E-state index contributed by atoms with van der Waals surface area (Å²) in [5.41, 5.74) is 2.59. The zero-order valence-corrected chi connectivity index (χ0v) is 7.92. The molecule has 1 amide bonds. The number of rotatable bonds is 3. The summed E-state index contributed by atoms with van der Waals surface area (Å²) in [4.78, 5) is 16.7. The molecular weight excluding hydrogens is 166 g/mol. The van der Waals surface area contributed by atoms with Crippen LogP contribution in [0, 0.1) is 5.92 Å². The maximum Gasteiger partial charge on any atom is 0.246 e. The minimum atomic E-state index is 0.0955. The van der Waals surface area contributed by atoms with Gasteiger partial charge < -0.3 is 0 Å². The van der Waals surface area contributed by atoms with Crippen LogP contribution in [0.3, 0.4) is 0 Å². The lowest BCUT2D eigenvalue weighted by Crippen LogP contribution is -2.36. The third-order valence-corrected chi connectivity index (χ3v) is 3.10. The lowest BCUT2D eigenvalue weighted by atomic mass is 9.85. The molecule has 74 valence electrons. The van der Waals surface area contributed by atoms with E-state index in [1.807, 2.05) is 0 Å². The zero-order valence-electron chi connectivity index (χ0n) is 7.92. The smallest absolute Gasteiger partial charge is 0.246 e. The van der Waals surface area contributed by atoms with Gasteiger partial charge in [-0.15, -0.1) is 0 Å². The van der Waals surface area contributed by atoms with Gasteiger partial charge >= 0.3 is 0 Å². The quantitative estimate of drug-likeness (QED) is 0.677. The first-order valence-electron chi connectivity index (χ1n) is 5.32. The van der Waals surface area contributed by atoms with E-state index in [0.717, 1.165) is 25.7 Å². The maximum atomic E-state index is 11.3. The molecule has 13 heavy (non-hydrogen) atoms. The van der Waals surface area contributed by atoms with Crippen LogP contribution in [0.25, 0.3) is 0 Å². The van der Waals surface area contributed by atoms with Crippen molar-refractivity contribution >= 4 is 5.91 Å². The molecule has 2 saturated carbocycles. The Hall–Kier alpha value is -0.570. The SMILES string of the molecule is O=C(NOC1CCCC1)C1CCC1. The highest BCUT2D eigenvalue weighted by molar-refractivity contribution is 5.78. The fourth-order valence-electron chi connectivity index (χ4n) is 1.90. The van der Waals surface area contributed by atoms with Crippen LogP contribution < -0.4 is 5.48 Å². The Morgan fingerprint density at radius 3 is 2.31 bits per heavy atom. The Kier molecular flexibility index (Phi) is 2.83. The number of hydrogen-bond acceptors (Lipinski definition) is 2. The molecule has 3 heteroatoms. The van der Waals surface area contributed by atoms with E-state index in [2.05, 4.69) is 5.48 Å². The van der Waals surface area contributed by atoms with Crippen LogP contribution in [-0.4, -0.2) is 12.0 Å². The molecule has 0 heterocycles. The first kappa shape index (κ1) is 9.00. The molecule has 0 aromatic rings. The van der Waals surface area contributed by atoms with E-state index in [1.165, 1.54) is 19.3 Å². The van der Waals surface area contributed by atoms with Gasteiger partial charge in [0.25, 0.3) is 0 Å². The van der Waals surface area contributed by atoms with Crippen LogP contribution in [-0.2, 0) is 9.63 Å². The van der Waals surface area contributed by atoms with Gasteiger partial charge in [0.2, 0.25) is 5.91 Å². The molecule has 0 spiro atoms. The van der Waals surface area contributed by atoms with Gasteiger partial charge in [0.1, 0.15) is 0 Å². The highest BCUT2D eigenvalue weighted by Crippen LogP contribution is 2.26. The van der Waals surface area contributed by atoms with Crippen LogP contribution in [0.2, 0.25) is 0 Å². The van der Waals surface area contributed by atoms with Crippen molar-refractivity contribution in [2.24, 2.45) is 5.92 Å². The van der Waals surface area contributed by atoms with Crippen LogP contribution in [0.15, 0.2) is 0 Å².